The van der Waals surface area contributed by atoms with Gasteiger partial charge in [-0.15, -0.1) is 12.4 Å². The fraction of sp³-hybridized carbons (Fsp3) is 0.588. The molecule has 0 atom stereocenters. The molecule has 0 amide bonds. The molecule has 3 nitrogen and oxygen atoms in total. The van der Waals surface area contributed by atoms with Gasteiger partial charge in [0.05, 0.1) is 0 Å². The van der Waals surface area contributed by atoms with Gasteiger partial charge in [-0.25, -0.2) is 0 Å². The Kier molecular flexibility index (Phi) is 7.76. The Labute approximate surface area is 133 Å². The van der Waals surface area contributed by atoms with Crippen LogP contribution in [0.4, 0.5) is 0 Å². The number of nitrogens with one attached hydrogen (secondary N) is 1. The van der Waals surface area contributed by atoms with Crippen molar-refractivity contribution in [3.05, 3.63) is 35.9 Å². The minimum Gasteiger partial charge on any atom is -0.481 e. The Morgan fingerprint density at radius 2 is 1.76 bits per heavy atom. The second-order valence-corrected chi connectivity index (χ2v) is 5.79. The third kappa shape index (κ3) is 5.33. The van der Waals surface area contributed by atoms with E-state index < -0.39 is 5.97 Å². The lowest BCUT2D eigenvalue weighted by Crippen LogP contribution is -2.44. The van der Waals surface area contributed by atoms with Crippen LogP contribution >= 0.6 is 12.4 Å². The van der Waals surface area contributed by atoms with Crippen LogP contribution in [-0.2, 0) is 10.3 Å². The third-order valence-corrected chi connectivity index (χ3v) is 4.31. The summed E-state index contributed by atoms with van der Waals surface area (Å²) in [5, 5.41) is 12.4. The van der Waals surface area contributed by atoms with E-state index in [1.165, 1.54) is 37.7 Å². The average Bonchev–Trinajstić information content (AvgIpc) is 2.48. The van der Waals surface area contributed by atoms with Crippen molar-refractivity contribution in [3.63, 3.8) is 0 Å². The second-order valence-electron chi connectivity index (χ2n) is 5.79. The molecule has 1 aromatic carbocycles. The monoisotopic (exact) mass is 311 g/mol. The van der Waals surface area contributed by atoms with Crippen molar-refractivity contribution in [1.82, 2.24) is 5.32 Å². The van der Waals surface area contributed by atoms with Crippen molar-refractivity contribution in [2.75, 3.05) is 6.54 Å². The standard InChI is InChI=1S/C17H25NO2.ClH/c19-16(20)11-5-8-14-18-17(12-6-2-7-13-17)15-9-3-1-4-10-15;/h1,3-4,9-10,18H,2,5-8,11-14H2,(H,19,20);1H. The molecule has 21 heavy (non-hydrogen) atoms. The summed E-state index contributed by atoms with van der Waals surface area (Å²) in [6.45, 7) is 0.905. The predicted octanol–water partition coefficient (Wildman–Crippen LogP) is 4.11. The van der Waals surface area contributed by atoms with Crippen molar-refractivity contribution in [2.24, 2.45) is 0 Å². The smallest absolute Gasteiger partial charge is 0.303 e. The molecule has 0 heterocycles. The average molecular weight is 312 g/mol. The highest BCUT2D eigenvalue weighted by atomic mass is 35.5. The largest absolute Gasteiger partial charge is 0.481 e. The van der Waals surface area contributed by atoms with Crippen LogP contribution in [0, 0.1) is 0 Å². The molecule has 4 heteroatoms. The molecule has 0 unspecified atom stereocenters. The molecule has 1 fully saturated rings. The molecule has 1 aliphatic carbocycles. The summed E-state index contributed by atoms with van der Waals surface area (Å²) in [5.74, 6) is -0.694. The van der Waals surface area contributed by atoms with Crippen LogP contribution in [0.3, 0.4) is 0 Å². The van der Waals surface area contributed by atoms with Crippen LogP contribution in [-0.4, -0.2) is 17.6 Å². The highest BCUT2D eigenvalue weighted by Gasteiger charge is 2.32. The van der Waals surface area contributed by atoms with Gasteiger partial charge in [0.25, 0.3) is 0 Å². The van der Waals surface area contributed by atoms with E-state index in [0.29, 0.717) is 0 Å². The first-order valence-electron chi connectivity index (χ1n) is 7.75. The minimum absolute atomic E-state index is 0. The summed E-state index contributed by atoms with van der Waals surface area (Å²) < 4.78 is 0. The molecule has 0 saturated heterocycles. The zero-order valence-electron chi connectivity index (χ0n) is 12.5. The lowest BCUT2D eigenvalue weighted by Gasteiger charge is -2.39. The predicted molar refractivity (Wildman–Crippen MR) is 87.9 cm³/mol. The number of hydrogen-bond acceptors (Lipinski definition) is 2. The lowest BCUT2D eigenvalue weighted by molar-refractivity contribution is -0.137. The highest BCUT2D eigenvalue weighted by molar-refractivity contribution is 5.85. The summed E-state index contributed by atoms with van der Waals surface area (Å²) in [7, 11) is 0. The molecule has 0 bridgehead atoms. The molecule has 1 aliphatic rings. The number of carbonyl (C=O) groups is 1. The topological polar surface area (TPSA) is 49.3 Å². The third-order valence-electron chi connectivity index (χ3n) is 4.31. The van der Waals surface area contributed by atoms with E-state index in [4.69, 9.17) is 5.11 Å². The van der Waals surface area contributed by atoms with Gasteiger partial charge in [-0.2, -0.15) is 0 Å². The fourth-order valence-electron chi connectivity index (χ4n) is 3.21. The summed E-state index contributed by atoms with van der Waals surface area (Å²) in [6, 6.07) is 10.7. The van der Waals surface area contributed by atoms with Gasteiger partial charge in [0, 0.05) is 12.0 Å². The normalized spacial score (nSPS) is 17.0. The molecular formula is C17H26ClNO2. The van der Waals surface area contributed by atoms with Crippen LogP contribution in [0.5, 0.6) is 0 Å². The Hall–Kier alpha value is -1.06. The first-order valence-corrected chi connectivity index (χ1v) is 7.75. The lowest BCUT2D eigenvalue weighted by atomic mass is 9.76. The Balaban J connectivity index is 0.00000220. The van der Waals surface area contributed by atoms with E-state index in [2.05, 4.69) is 35.6 Å². The highest BCUT2D eigenvalue weighted by Crippen LogP contribution is 2.36. The molecule has 2 N–H and O–H groups in total. The van der Waals surface area contributed by atoms with E-state index in [0.717, 1.165) is 19.4 Å². The second kappa shape index (κ2) is 9.06. The Morgan fingerprint density at radius 1 is 1.10 bits per heavy atom. The van der Waals surface area contributed by atoms with E-state index >= 15 is 0 Å². The van der Waals surface area contributed by atoms with Crippen molar-refractivity contribution in [3.8, 4) is 0 Å². The maximum absolute atomic E-state index is 10.5. The molecular weight excluding hydrogens is 286 g/mol. The van der Waals surface area contributed by atoms with Crippen LogP contribution in [0.25, 0.3) is 0 Å². The zero-order valence-corrected chi connectivity index (χ0v) is 13.3. The zero-order chi connectivity index (χ0) is 14.3. The van der Waals surface area contributed by atoms with Crippen molar-refractivity contribution < 1.29 is 9.90 Å². The summed E-state index contributed by atoms with van der Waals surface area (Å²) in [4.78, 5) is 10.5. The van der Waals surface area contributed by atoms with Gasteiger partial charge >= 0.3 is 5.97 Å². The molecule has 0 radical (unpaired) electrons. The van der Waals surface area contributed by atoms with Crippen LogP contribution in [0.1, 0.15) is 56.9 Å². The number of hydrogen-bond donors (Lipinski definition) is 2. The van der Waals surface area contributed by atoms with E-state index in [1.54, 1.807) is 0 Å². The summed E-state index contributed by atoms with van der Waals surface area (Å²) >= 11 is 0. The maximum Gasteiger partial charge on any atom is 0.303 e. The number of rotatable bonds is 7. The maximum atomic E-state index is 10.5. The Bertz CT molecular complexity index is 416. The van der Waals surface area contributed by atoms with Crippen LogP contribution in [0.2, 0.25) is 0 Å². The van der Waals surface area contributed by atoms with Gasteiger partial charge in [0.15, 0.2) is 0 Å². The number of benzene rings is 1. The van der Waals surface area contributed by atoms with Gasteiger partial charge in [0.1, 0.15) is 0 Å². The van der Waals surface area contributed by atoms with Gasteiger partial charge in [-0.1, -0.05) is 49.6 Å². The molecule has 0 spiro atoms. The molecule has 0 aromatic heterocycles. The first kappa shape index (κ1) is 18.0. The van der Waals surface area contributed by atoms with Gasteiger partial charge in [0.2, 0.25) is 0 Å². The number of halogens is 1. The molecule has 0 aliphatic heterocycles. The van der Waals surface area contributed by atoms with Gasteiger partial charge in [-0.3, -0.25) is 4.79 Å². The van der Waals surface area contributed by atoms with Gasteiger partial charge < -0.3 is 10.4 Å². The Morgan fingerprint density at radius 3 is 2.38 bits per heavy atom. The molecule has 118 valence electrons. The fourth-order valence-corrected chi connectivity index (χ4v) is 3.21. The van der Waals surface area contributed by atoms with Gasteiger partial charge in [-0.05, 0) is 37.8 Å². The minimum atomic E-state index is -0.694. The first-order chi connectivity index (χ1) is 9.73. The van der Waals surface area contributed by atoms with Crippen molar-refractivity contribution in [1.29, 1.82) is 0 Å². The number of aliphatic carboxylic acids is 1. The van der Waals surface area contributed by atoms with E-state index in [1.807, 2.05) is 0 Å². The molecule has 2 rings (SSSR count). The van der Waals surface area contributed by atoms with Crippen LogP contribution < -0.4 is 5.32 Å². The van der Waals surface area contributed by atoms with Crippen molar-refractivity contribution >= 4 is 18.4 Å². The molecule has 1 aromatic rings. The van der Waals surface area contributed by atoms with Crippen molar-refractivity contribution in [2.45, 2.75) is 56.9 Å². The van der Waals surface area contributed by atoms with Crippen LogP contribution in [0.15, 0.2) is 30.3 Å². The number of carboxylic acid groups (broad SMARTS) is 1. The summed E-state index contributed by atoms with van der Waals surface area (Å²) in [5.41, 5.74) is 1.50. The molecule has 1 saturated carbocycles. The quantitative estimate of drug-likeness (QED) is 0.745. The van der Waals surface area contributed by atoms with E-state index in [9.17, 15) is 4.79 Å². The number of carboxylic acids is 1. The SMILES string of the molecule is Cl.O=C(O)CCCCNC1(c2ccccc2)CCCCC1. The summed E-state index contributed by atoms with van der Waals surface area (Å²) in [6.07, 6.45) is 8.23. The number of unbranched alkanes of at least 4 members (excludes halogenated alkanes) is 1. The van der Waals surface area contributed by atoms with E-state index in [-0.39, 0.29) is 24.4 Å².